The molecule has 1 aliphatic heterocycles. The van der Waals surface area contributed by atoms with Crippen LogP contribution in [0.2, 0.25) is 0 Å². The number of hydrogen-bond donors (Lipinski definition) is 0. The highest BCUT2D eigenvalue weighted by molar-refractivity contribution is 5.68. The first-order chi connectivity index (χ1) is 12.4. The summed E-state index contributed by atoms with van der Waals surface area (Å²) < 4.78 is 57.7. The molecule has 1 aromatic rings. The molecule has 2 rings (SSSR count). The van der Waals surface area contributed by atoms with Gasteiger partial charge in [0, 0.05) is 25.7 Å². The summed E-state index contributed by atoms with van der Waals surface area (Å²) in [5.41, 5.74) is -2.78. The SMILES string of the molecule is CC.CC(C)(C)OC(=O)N1CCC(F)(Cc2ccc(C(F)(F)F)nc2)CC1. The number of alkyl halides is 4. The molecular weight excluding hydrogens is 364 g/mol. The number of nitrogens with zero attached hydrogens (tertiary/aromatic N) is 2. The summed E-state index contributed by atoms with van der Waals surface area (Å²) >= 11 is 0. The second-order valence-corrected chi connectivity index (χ2v) is 7.34. The molecule has 1 fully saturated rings. The zero-order valence-electron chi connectivity index (χ0n) is 16.5. The van der Waals surface area contributed by atoms with E-state index in [0.717, 1.165) is 12.3 Å². The van der Waals surface area contributed by atoms with Gasteiger partial charge in [0.25, 0.3) is 0 Å². The number of carbonyl (C=O) groups excluding carboxylic acids is 1. The molecule has 0 radical (unpaired) electrons. The molecule has 0 atom stereocenters. The van der Waals surface area contributed by atoms with E-state index >= 15 is 0 Å². The van der Waals surface area contributed by atoms with Crippen LogP contribution in [-0.2, 0) is 17.3 Å². The molecule has 1 amide bonds. The van der Waals surface area contributed by atoms with Crippen molar-refractivity contribution in [3.63, 3.8) is 0 Å². The number of aromatic nitrogens is 1. The molecule has 1 saturated heterocycles. The Morgan fingerprint density at radius 1 is 1.19 bits per heavy atom. The number of pyridine rings is 1. The highest BCUT2D eigenvalue weighted by Gasteiger charge is 2.38. The number of rotatable bonds is 2. The van der Waals surface area contributed by atoms with E-state index in [4.69, 9.17) is 4.74 Å². The summed E-state index contributed by atoms with van der Waals surface area (Å²) in [6.45, 7) is 9.68. The second-order valence-electron chi connectivity index (χ2n) is 7.34. The first-order valence-corrected chi connectivity index (χ1v) is 9.07. The van der Waals surface area contributed by atoms with Gasteiger partial charge in [0.2, 0.25) is 0 Å². The van der Waals surface area contributed by atoms with E-state index in [2.05, 4.69) is 4.98 Å². The highest BCUT2D eigenvalue weighted by Crippen LogP contribution is 2.32. The van der Waals surface area contributed by atoms with Crippen molar-refractivity contribution in [2.75, 3.05) is 13.1 Å². The van der Waals surface area contributed by atoms with Gasteiger partial charge >= 0.3 is 12.3 Å². The normalized spacial score (nSPS) is 17.0. The van der Waals surface area contributed by atoms with Crippen molar-refractivity contribution < 1.29 is 27.1 Å². The second kappa shape index (κ2) is 8.89. The molecule has 2 heterocycles. The van der Waals surface area contributed by atoms with Gasteiger partial charge in [-0.2, -0.15) is 13.2 Å². The maximum Gasteiger partial charge on any atom is 0.433 e. The maximum absolute atomic E-state index is 14.9. The van der Waals surface area contributed by atoms with E-state index in [1.54, 1.807) is 20.8 Å². The van der Waals surface area contributed by atoms with Crippen LogP contribution in [0.5, 0.6) is 0 Å². The number of halogens is 4. The Labute approximate surface area is 157 Å². The van der Waals surface area contributed by atoms with Gasteiger partial charge < -0.3 is 9.64 Å². The lowest BCUT2D eigenvalue weighted by molar-refractivity contribution is -0.141. The third-order valence-electron chi connectivity index (χ3n) is 3.95. The van der Waals surface area contributed by atoms with E-state index in [9.17, 15) is 22.4 Å². The first-order valence-electron chi connectivity index (χ1n) is 9.07. The molecule has 1 aliphatic rings. The summed E-state index contributed by atoms with van der Waals surface area (Å²) in [7, 11) is 0. The summed E-state index contributed by atoms with van der Waals surface area (Å²) in [5.74, 6) is 0. The minimum atomic E-state index is -4.51. The van der Waals surface area contributed by atoms with E-state index in [1.807, 2.05) is 13.8 Å². The van der Waals surface area contributed by atoms with Crippen LogP contribution < -0.4 is 0 Å². The molecule has 8 heteroatoms. The van der Waals surface area contributed by atoms with Crippen molar-refractivity contribution in [3.05, 3.63) is 29.6 Å². The third kappa shape index (κ3) is 7.34. The molecule has 154 valence electrons. The minimum absolute atomic E-state index is 0.0275. The Morgan fingerprint density at radius 2 is 1.74 bits per heavy atom. The fourth-order valence-electron chi connectivity index (χ4n) is 2.66. The monoisotopic (exact) mass is 392 g/mol. The van der Waals surface area contributed by atoms with Crippen LogP contribution in [0, 0.1) is 0 Å². The van der Waals surface area contributed by atoms with Gasteiger partial charge in [-0.1, -0.05) is 19.9 Å². The van der Waals surface area contributed by atoms with Gasteiger partial charge in [-0.15, -0.1) is 0 Å². The van der Waals surface area contributed by atoms with Crippen LogP contribution in [0.3, 0.4) is 0 Å². The van der Waals surface area contributed by atoms with E-state index in [1.165, 1.54) is 11.0 Å². The lowest BCUT2D eigenvalue weighted by atomic mass is 9.87. The molecule has 1 aromatic heterocycles. The number of carbonyl (C=O) groups is 1. The number of amides is 1. The molecule has 4 nitrogen and oxygen atoms in total. The van der Waals surface area contributed by atoms with Gasteiger partial charge in [-0.25, -0.2) is 9.18 Å². The van der Waals surface area contributed by atoms with Gasteiger partial charge in [-0.05, 0) is 45.2 Å². The topological polar surface area (TPSA) is 42.4 Å². The fraction of sp³-hybridized carbons (Fsp3) is 0.684. The quantitative estimate of drug-likeness (QED) is 0.632. The maximum atomic E-state index is 14.9. The highest BCUT2D eigenvalue weighted by atomic mass is 19.4. The molecule has 0 bridgehead atoms. The average molecular weight is 392 g/mol. The molecule has 0 aromatic carbocycles. The average Bonchev–Trinajstić information content (AvgIpc) is 2.55. The van der Waals surface area contributed by atoms with Crippen molar-refractivity contribution >= 4 is 6.09 Å². The number of hydrogen-bond acceptors (Lipinski definition) is 3. The predicted octanol–water partition coefficient (Wildman–Crippen LogP) is 5.41. The molecule has 0 N–H and O–H groups in total. The van der Waals surface area contributed by atoms with Gasteiger partial charge in [-0.3, -0.25) is 4.98 Å². The van der Waals surface area contributed by atoms with Crippen LogP contribution in [0.25, 0.3) is 0 Å². The Morgan fingerprint density at radius 3 is 2.15 bits per heavy atom. The van der Waals surface area contributed by atoms with Crippen molar-refractivity contribution in [2.24, 2.45) is 0 Å². The lowest BCUT2D eigenvalue weighted by Gasteiger charge is -2.37. The number of ether oxygens (including phenoxy) is 1. The summed E-state index contributed by atoms with van der Waals surface area (Å²) in [5, 5.41) is 0. The predicted molar refractivity (Wildman–Crippen MR) is 95.2 cm³/mol. The lowest BCUT2D eigenvalue weighted by Crippen LogP contribution is -2.47. The first kappa shape index (κ1) is 23.2. The minimum Gasteiger partial charge on any atom is -0.444 e. The summed E-state index contributed by atoms with van der Waals surface area (Å²) in [4.78, 5) is 16.8. The zero-order chi connectivity index (χ0) is 20.9. The zero-order valence-corrected chi connectivity index (χ0v) is 16.5. The summed E-state index contributed by atoms with van der Waals surface area (Å²) in [6.07, 6.45) is -3.75. The molecule has 0 spiro atoms. The van der Waals surface area contributed by atoms with Crippen LogP contribution in [0.1, 0.15) is 58.7 Å². The van der Waals surface area contributed by atoms with Crippen molar-refractivity contribution in [2.45, 2.75) is 71.3 Å². The van der Waals surface area contributed by atoms with Crippen LogP contribution >= 0.6 is 0 Å². The molecule has 0 unspecified atom stereocenters. The van der Waals surface area contributed by atoms with Crippen LogP contribution in [-0.4, -0.2) is 40.3 Å². The smallest absolute Gasteiger partial charge is 0.433 e. The van der Waals surface area contributed by atoms with E-state index in [0.29, 0.717) is 5.56 Å². The molecule has 27 heavy (non-hydrogen) atoms. The van der Waals surface area contributed by atoms with Crippen LogP contribution in [0.4, 0.5) is 22.4 Å². The van der Waals surface area contributed by atoms with Gasteiger partial charge in [0.1, 0.15) is 17.0 Å². The summed E-state index contributed by atoms with van der Waals surface area (Å²) in [6, 6.07) is 2.10. The van der Waals surface area contributed by atoms with Crippen molar-refractivity contribution in [3.8, 4) is 0 Å². The van der Waals surface area contributed by atoms with Gasteiger partial charge in [0.05, 0.1) is 0 Å². The number of piperidine rings is 1. The Kier molecular flexibility index (Phi) is 7.63. The fourth-order valence-corrected chi connectivity index (χ4v) is 2.66. The van der Waals surface area contributed by atoms with E-state index in [-0.39, 0.29) is 32.4 Å². The Hall–Kier alpha value is -1.86. The van der Waals surface area contributed by atoms with Crippen molar-refractivity contribution in [1.29, 1.82) is 0 Å². The third-order valence-corrected chi connectivity index (χ3v) is 3.95. The van der Waals surface area contributed by atoms with Gasteiger partial charge in [0.15, 0.2) is 0 Å². The number of likely N-dealkylation sites (tertiary alicyclic amines) is 1. The Balaban J connectivity index is 0.00000176. The Bertz CT molecular complexity index is 602. The van der Waals surface area contributed by atoms with Crippen molar-refractivity contribution in [1.82, 2.24) is 9.88 Å². The standard InChI is InChI=1S/C17H22F4N2O2.C2H6/c1-15(2,3)25-14(24)23-8-6-16(18,7-9-23)10-12-4-5-13(22-11-12)17(19,20)21;1-2/h4-5,11H,6-10H2,1-3H3;1-2H3. The largest absolute Gasteiger partial charge is 0.444 e. The molecule has 0 aliphatic carbocycles. The molecule has 0 saturated carbocycles. The molecular formula is C19H28F4N2O2. The van der Waals surface area contributed by atoms with Crippen LogP contribution in [0.15, 0.2) is 18.3 Å². The van der Waals surface area contributed by atoms with E-state index < -0.39 is 29.2 Å².